The van der Waals surface area contributed by atoms with Gasteiger partial charge in [-0.3, -0.25) is 14.2 Å². The number of ether oxygens (including phenoxy) is 1. The van der Waals surface area contributed by atoms with Crippen molar-refractivity contribution in [1.82, 2.24) is 9.55 Å². The second-order valence-corrected chi connectivity index (χ2v) is 8.38. The molecule has 3 aromatic carbocycles. The van der Waals surface area contributed by atoms with Crippen LogP contribution < -0.4 is 15.2 Å². The summed E-state index contributed by atoms with van der Waals surface area (Å²) in [6.45, 7) is 4.49. The van der Waals surface area contributed by atoms with Crippen molar-refractivity contribution in [1.29, 1.82) is 0 Å². The van der Waals surface area contributed by atoms with Gasteiger partial charge < -0.3 is 9.64 Å². The highest BCUT2D eigenvalue weighted by Crippen LogP contribution is 2.28. The van der Waals surface area contributed by atoms with Gasteiger partial charge in [-0.1, -0.05) is 54.2 Å². The van der Waals surface area contributed by atoms with E-state index in [1.165, 1.54) is 16.3 Å². The number of carbonyl (C=O) groups excluding carboxylic acids is 1. The number of aromatic nitrogens is 2. The van der Waals surface area contributed by atoms with Gasteiger partial charge in [-0.15, -0.1) is 0 Å². The number of rotatable bonds is 7. The number of aryl methyl sites for hydroxylation is 1. The molecule has 0 aliphatic heterocycles. The quantitative estimate of drug-likeness (QED) is 0.292. The Hall–Kier alpha value is -3.58. The largest absolute Gasteiger partial charge is 0.495 e. The van der Waals surface area contributed by atoms with Crippen LogP contribution in [-0.2, 0) is 4.79 Å². The Morgan fingerprint density at radius 2 is 1.73 bits per heavy atom. The van der Waals surface area contributed by atoms with Crippen LogP contribution in [0.1, 0.15) is 12.5 Å². The number of fused-ring (bicyclic) bond motifs is 1. The first-order valence-electron chi connectivity index (χ1n) is 10.7. The number of benzene rings is 3. The van der Waals surface area contributed by atoms with Crippen molar-refractivity contribution in [3.63, 3.8) is 0 Å². The number of hydrogen-bond acceptors (Lipinski definition) is 5. The average Bonchev–Trinajstić information content (AvgIpc) is 2.84. The van der Waals surface area contributed by atoms with Gasteiger partial charge in [0.1, 0.15) is 5.75 Å². The summed E-state index contributed by atoms with van der Waals surface area (Å²) in [5, 5.41) is 0.951. The van der Waals surface area contributed by atoms with E-state index in [0.717, 1.165) is 11.3 Å². The van der Waals surface area contributed by atoms with E-state index in [-0.39, 0.29) is 17.2 Å². The summed E-state index contributed by atoms with van der Waals surface area (Å²) >= 11 is 1.25. The highest BCUT2D eigenvalue weighted by atomic mass is 32.2. The molecule has 0 atom stereocenters. The van der Waals surface area contributed by atoms with Crippen LogP contribution in [0.2, 0.25) is 0 Å². The molecule has 168 valence electrons. The number of carbonyl (C=O) groups is 1. The van der Waals surface area contributed by atoms with Crippen LogP contribution >= 0.6 is 11.8 Å². The van der Waals surface area contributed by atoms with E-state index in [2.05, 4.69) is 0 Å². The fraction of sp³-hybridized carbons (Fsp3) is 0.192. The first kappa shape index (κ1) is 22.6. The molecule has 0 fully saturated rings. The van der Waals surface area contributed by atoms with E-state index in [9.17, 15) is 9.59 Å². The van der Waals surface area contributed by atoms with Gasteiger partial charge >= 0.3 is 0 Å². The number of nitrogens with zero attached hydrogens (tertiary/aromatic N) is 3. The van der Waals surface area contributed by atoms with Crippen LogP contribution in [-0.4, -0.2) is 34.9 Å². The van der Waals surface area contributed by atoms with Crippen LogP contribution in [0.25, 0.3) is 16.6 Å². The van der Waals surface area contributed by atoms with E-state index >= 15 is 0 Å². The number of hydrogen-bond donors (Lipinski definition) is 0. The normalized spacial score (nSPS) is 10.9. The lowest BCUT2D eigenvalue weighted by atomic mass is 10.2. The standard InChI is InChI=1S/C26H25N3O3S/c1-4-28(21-14-8-5-11-18(21)2)24(30)17-33-26-27-20-13-7-6-12-19(20)25(31)29(26)22-15-9-10-16-23(22)32-3/h5-16H,4,17H2,1-3H3. The van der Waals surface area contributed by atoms with Crippen LogP contribution in [0.15, 0.2) is 82.7 Å². The zero-order valence-corrected chi connectivity index (χ0v) is 19.6. The van der Waals surface area contributed by atoms with Crippen LogP contribution in [0.3, 0.4) is 0 Å². The maximum Gasteiger partial charge on any atom is 0.266 e. The first-order chi connectivity index (χ1) is 16.0. The Bertz CT molecular complexity index is 1370. The van der Waals surface area contributed by atoms with Crippen molar-refractivity contribution in [2.45, 2.75) is 19.0 Å². The fourth-order valence-electron chi connectivity index (χ4n) is 3.79. The van der Waals surface area contributed by atoms with Crippen molar-refractivity contribution < 1.29 is 9.53 Å². The van der Waals surface area contributed by atoms with Gasteiger partial charge in [0, 0.05) is 12.2 Å². The molecule has 0 aliphatic carbocycles. The summed E-state index contributed by atoms with van der Waals surface area (Å²) in [4.78, 5) is 33.2. The van der Waals surface area contributed by atoms with E-state index in [4.69, 9.17) is 9.72 Å². The van der Waals surface area contributed by atoms with Crippen molar-refractivity contribution in [3.8, 4) is 11.4 Å². The monoisotopic (exact) mass is 459 g/mol. The minimum Gasteiger partial charge on any atom is -0.495 e. The zero-order chi connectivity index (χ0) is 23.4. The summed E-state index contributed by atoms with van der Waals surface area (Å²) < 4.78 is 7.03. The lowest BCUT2D eigenvalue weighted by Crippen LogP contribution is -2.33. The number of para-hydroxylation sites is 4. The summed E-state index contributed by atoms with van der Waals surface area (Å²) in [6, 6.07) is 22.3. The van der Waals surface area contributed by atoms with Crippen molar-refractivity contribution in [2.24, 2.45) is 0 Å². The SMILES string of the molecule is CCN(C(=O)CSc1nc2ccccc2c(=O)n1-c1ccccc1OC)c1ccccc1C. The first-order valence-corrected chi connectivity index (χ1v) is 11.7. The molecular weight excluding hydrogens is 434 g/mol. The molecule has 0 saturated heterocycles. The van der Waals surface area contributed by atoms with Gasteiger partial charge in [-0.05, 0) is 49.7 Å². The topological polar surface area (TPSA) is 64.4 Å². The Morgan fingerprint density at radius 3 is 2.48 bits per heavy atom. The molecule has 0 aliphatic rings. The van der Waals surface area contributed by atoms with E-state index in [1.807, 2.05) is 68.4 Å². The Morgan fingerprint density at radius 1 is 1.03 bits per heavy atom. The number of thioether (sulfide) groups is 1. The second-order valence-electron chi connectivity index (χ2n) is 7.44. The van der Waals surface area contributed by atoms with Gasteiger partial charge in [0.15, 0.2) is 5.16 Å². The molecule has 0 unspecified atom stereocenters. The molecular formula is C26H25N3O3S. The number of methoxy groups -OCH3 is 1. The van der Waals surface area contributed by atoms with Crippen LogP contribution in [0, 0.1) is 6.92 Å². The van der Waals surface area contributed by atoms with E-state index in [1.54, 1.807) is 30.2 Å². The molecule has 0 spiro atoms. The molecule has 0 saturated carbocycles. The molecule has 1 heterocycles. The summed E-state index contributed by atoms with van der Waals surface area (Å²) in [7, 11) is 1.57. The lowest BCUT2D eigenvalue weighted by Gasteiger charge is -2.23. The van der Waals surface area contributed by atoms with Gasteiger partial charge in [0.25, 0.3) is 5.56 Å². The van der Waals surface area contributed by atoms with Crippen molar-refractivity contribution >= 4 is 34.3 Å². The van der Waals surface area contributed by atoms with Gasteiger partial charge in [-0.2, -0.15) is 0 Å². The maximum absolute atomic E-state index is 13.5. The van der Waals surface area contributed by atoms with Gasteiger partial charge in [0.2, 0.25) is 5.91 Å². The molecule has 1 amide bonds. The predicted molar refractivity (Wildman–Crippen MR) is 134 cm³/mol. The summed E-state index contributed by atoms with van der Waals surface area (Å²) in [5.74, 6) is 0.646. The fourth-order valence-corrected chi connectivity index (χ4v) is 4.67. The van der Waals surface area contributed by atoms with E-state index < -0.39 is 0 Å². The van der Waals surface area contributed by atoms with Crippen LogP contribution in [0.5, 0.6) is 5.75 Å². The molecule has 1 aromatic heterocycles. The smallest absolute Gasteiger partial charge is 0.266 e. The van der Waals surface area contributed by atoms with Crippen LogP contribution in [0.4, 0.5) is 5.69 Å². The highest BCUT2D eigenvalue weighted by molar-refractivity contribution is 7.99. The minimum absolute atomic E-state index is 0.0502. The third-order valence-electron chi connectivity index (χ3n) is 5.42. The molecule has 33 heavy (non-hydrogen) atoms. The number of amides is 1. The average molecular weight is 460 g/mol. The summed E-state index contributed by atoms with van der Waals surface area (Å²) in [6.07, 6.45) is 0. The molecule has 0 radical (unpaired) electrons. The maximum atomic E-state index is 13.5. The van der Waals surface area contributed by atoms with Gasteiger partial charge in [0.05, 0.1) is 29.5 Å². The molecule has 0 N–H and O–H groups in total. The van der Waals surface area contributed by atoms with Crippen molar-refractivity contribution in [3.05, 3.63) is 88.7 Å². The second kappa shape index (κ2) is 9.92. The predicted octanol–water partition coefficient (Wildman–Crippen LogP) is 4.85. The van der Waals surface area contributed by atoms with Gasteiger partial charge in [-0.25, -0.2) is 4.98 Å². The summed E-state index contributed by atoms with van der Waals surface area (Å²) in [5.41, 5.74) is 2.90. The third kappa shape index (κ3) is 4.50. The molecule has 7 heteroatoms. The molecule has 4 aromatic rings. The van der Waals surface area contributed by atoms with E-state index in [0.29, 0.717) is 34.0 Å². The lowest BCUT2D eigenvalue weighted by molar-refractivity contribution is -0.116. The molecule has 0 bridgehead atoms. The Balaban J connectivity index is 1.75. The minimum atomic E-state index is -0.202. The molecule has 6 nitrogen and oxygen atoms in total. The highest BCUT2D eigenvalue weighted by Gasteiger charge is 2.20. The number of anilines is 1. The Kier molecular flexibility index (Phi) is 6.79. The zero-order valence-electron chi connectivity index (χ0n) is 18.8. The molecule has 4 rings (SSSR count). The third-order valence-corrected chi connectivity index (χ3v) is 6.34. The Labute approximate surface area is 196 Å². The van der Waals surface area contributed by atoms with Crippen molar-refractivity contribution in [2.75, 3.05) is 24.3 Å².